The summed E-state index contributed by atoms with van der Waals surface area (Å²) in [5, 5.41) is 10.5. The first-order chi connectivity index (χ1) is 8.91. The molecule has 0 spiro atoms. The summed E-state index contributed by atoms with van der Waals surface area (Å²) in [5.41, 5.74) is 2.54. The molecule has 1 aliphatic rings. The van der Waals surface area contributed by atoms with E-state index >= 15 is 0 Å². The summed E-state index contributed by atoms with van der Waals surface area (Å²) in [6.45, 7) is 4.56. The zero-order chi connectivity index (χ0) is 13.8. The van der Waals surface area contributed by atoms with Crippen LogP contribution < -0.4 is 0 Å². The van der Waals surface area contributed by atoms with Crippen molar-refractivity contribution in [2.75, 3.05) is 0 Å². The number of carboxylic acids is 1. The van der Waals surface area contributed by atoms with Gasteiger partial charge in [-0.3, -0.25) is 4.79 Å². The molecule has 3 nitrogen and oxygen atoms in total. The van der Waals surface area contributed by atoms with Crippen LogP contribution in [0, 0.1) is 0 Å². The summed E-state index contributed by atoms with van der Waals surface area (Å²) < 4.78 is 3.31. The predicted octanol–water partition coefficient (Wildman–Crippen LogP) is 3.71. The van der Waals surface area contributed by atoms with Crippen LogP contribution in [-0.4, -0.2) is 15.6 Å². The molecular formula is C15H16BrNO2. The highest BCUT2D eigenvalue weighted by molar-refractivity contribution is 9.10. The normalized spacial score (nSPS) is 14.9. The Morgan fingerprint density at radius 3 is 2.84 bits per heavy atom. The van der Waals surface area contributed by atoms with Crippen molar-refractivity contribution in [1.82, 2.24) is 4.57 Å². The molecule has 19 heavy (non-hydrogen) atoms. The number of hydrogen-bond acceptors (Lipinski definition) is 1. The summed E-state index contributed by atoms with van der Waals surface area (Å²) in [5.74, 6) is -0.787. The van der Waals surface area contributed by atoms with E-state index in [1.54, 1.807) is 13.8 Å². The Kier molecular flexibility index (Phi) is 2.75. The molecule has 0 unspecified atom stereocenters. The lowest BCUT2D eigenvalue weighted by atomic mass is 9.82. The fraction of sp³-hybridized carbons (Fsp3) is 0.400. The van der Waals surface area contributed by atoms with E-state index in [-0.39, 0.29) is 0 Å². The fourth-order valence-corrected chi connectivity index (χ4v) is 3.33. The van der Waals surface area contributed by atoms with Crippen LogP contribution in [0.3, 0.4) is 0 Å². The first-order valence-corrected chi connectivity index (χ1v) is 7.25. The van der Waals surface area contributed by atoms with Crippen molar-refractivity contribution in [1.29, 1.82) is 0 Å². The molecule has 1 aliphatic heterocycles. The van der Waals surface area contributed by atoms with Crippen molar-refractivity contribution in [3.8, 4) is 0 Å². The van der Waals surface area contributed by atoms with Crippen LogP contribution in [0.25, 0.3) is 10.9 Å². The van der Waals surface area contributed by atoms with Gasteiger partial charge in [0.1, 0.15) is 0 Å². The zero-order valence-corrected chi connectivity index (χ0v) is 12.6. The van der Waals surface area contributed by atoms with E-state index in [1.807, 2.05) is 6.07 Å². The standard InChI is InChI=1S/C15H16BrNO2/c1-15(2,14(18)19)10-6-9-4-3-5-17-8-12(16)11(7-10)13(9)17/h6-8H,3-5H2,1-2H3,(H,18,19). The Labute approximate surface area is 120 Å². The molecular weight excluding hydrogens is 306 g/mol. The summed E-state index contributed by atoms with van der Waals surface area (Å²) in [4.78, 5) is 11.4. The number of hydrogen-bond donors (Lipinski definition) is 1. The molecule has 0 bridgehead atoms. The first-order valence-electron chi connectivity index (χ1n) is 6.46. The molecule has 0 atom stereocenters. The molecule has 0 fully saturated rings. The van der Waals surface area contributed by atoms with E-state index < -0.39 is 11.4 Å². The Hall–Kier alpha value is -1.29. The minimum atomic E-state index is -0.857. The molecule has 2 aromatic rings. The summed E-state index contributed by atoms with van der Waals surface area (Å²) in [7, 11) is 0. The van der Waals surface area contributed by atoms with Gasteiger partial charge in [-0.15, -0.1) is 0 Å². The van der Waals surface area contributed by atoms with Crippen LogP contribution in [0.5, 0.6) is 0 Å². The average Bonchev–Trinajstić information content (AvgIpc) is 2.68. The average molecular weight is 322 g/mol. The van der Waals surface area contributed by atoms with Crippen molar-refractivity contribution >= 4 is 32.8 Å². The minimum absolute atomic E-state index is 0.787. The van der Waals surface area contributed by atoms with Gasteiger partial charge in [-0.05, 0) is 59.8 Å². The lowest BCUT2D eigenvalue weighted by Gasteiger charge is -2.23. The predicted molar refractivity (Wildman–Crippen MR) is 78.6 cm³/mol. The lowest BCUT2D eigenvalue weighted by molar-refractivity contribution is -0.142. The summed E-state index contributed by atoms with van der Waals surface area (Å²) >= 11 is 3.59. The third-order valence-corrected chi connectivity index (χ3v) is 4.74. The van der Waals surface area contributed by atoms with E-state index in [0.29, 0.717) is 0 Å². The minimum Gasteiger partial charge on any atom is -0.481 e. The zero-order valence-electron chi connectivity index (χ0n) is 11.0. The number of aryl methyl sites for hydroxylation is 2. The maximum Gasteiger partial charge on any atom is 0.313 e. The second-order valence-corrected chi connectivity index (χ2v) is 6.59. The second-order valence-electron chi connectivity index (χ2n) is 5.74. The van der Waals surface area contributed by atoms with Crippen LogP contribution >= 0.6 is 15.9 Å². The lowest BCUT2D eigenvalue weighted by Crippen LogP contribution is -2.28. The quantitative estimate of drug-likeness (QED) is 0.916. The SMILES string of the molecule is CC(C)(C(=O)O)c1cc2c3c(c1)c(Br)cn3CCC2. The third kappa shape index (κ3) is 1.81. The van der Waals surface area contributed by atoms with Gasteiger partial charge >= 0.3 is 5.97 Å². The van der Waals surface area contributed by atoms with Crippen LogP contribution in [0.1, 0.15) is 31.4 Å². The summed E-state index contributed by atoms with van der Waals surface area (Å²) in [6.07, 6.45) is 4.24. The van der Waals surface area contributed by atoms with Crippen LogP contribution in [0.2, 0.25) is 0 Å². The number of aliphatic carboxylic acids is 1. The Morgan fingerprint density at radius 1 is 1.42 bits per heavy atom. The number of nitrogens with zero attached hydrogens (tertiary/aromatic N) is 1. The fourth-order valence-electron chi connectivity index (χ4n) is 2.78. The van der Waals surface area contributed by atoms with Gasteiger partial charge in [0.25, 0.3) is 0 Å². The number of benzene rings is 1. The van der Waals surface area contributed by atoms with Crippen LogP contribution in [0.15, 0.2) is 22.8 Å². The van der Waals surface area contributed by atoms with Crippen LogP contribution in [0.4, 0.5) is 0 Å². The molecule has 0 amide bonds. The first kappa shape index (κ1) is 12.7. The monoisotopic (exact) mass is 321 g/mol. The van der Waals surface area contributed by atoms with E-state index in [2.05, 4.69) is 32.8 Å². The highest BCUT2D eigenvalue weighted by atomic mass is 79.9. The van der Waals surface area contributed by atoms with E-state index in [0.717, 1.165) is 34.8 Å². The molecule has 0 saturated carbocycles. The van der Waals surface area contributed by atoms with Crippen molar-refractivity contribution in [3.63, 3.8) is 0 Å². The van der Waals surface area contributed by atoms with Gasteiger partial charge in [0.05, 0.1) is 10.9 Å². The van der Waals surface area contributed by atoms with Crippen molar-refractivity contribution in [3.05, 3.63) is 33.9 Å². The van der Waals surface area contributed by atoms with E-state index in [9.17, 15) is 9.90 Å². The Morgan fingerprint density at radius 2 is 2.16 bits per heavy atom. The molecule has 2 heterocycles. The topological polar surface area (TPSA) is 42.2 Å². The van der Waals surface area contributed by atoms with Crippen molar-refractivity contribution in [2.45, 2.75) is 38.6 Å². The maximum atomic E-state index is 11.4. The smallest absolute Gasteiger partial charge is 0.313 e. The molecule has 0 radical (unpaired) electrons. The highest BCUT2D eigenvalue weighted by Gasteiger charge is 2.31. The van der Waals surface area contributed by atoms with Crippen LogP contribution in [-0.2, 0) is 23.2 Å². The van der Waals surface area contributed by atoms with Gasteiger partial charge in [-0.1, -0.05) is 6.07 Å². The summed E-state index contributed by atoms with van der Waals surface area (Å²) in [6, 6.07) is 4.08. The van der Waals surface area contributed by atoms with Gasteiger partial charge in [0, 0.05) is 22.6 Å². The largest absolute Gasteiger partial charge is 0.481 e. The van der Waals surface area contributed by atoms with Crippen molar-refractivity contribution in [2.24, 2.45) is 0 Å². The van der Waals surface area contributed by atoms with E-state index in [4.69, 9.17) is 0 Å². The van der Waals surface area contributed by atoms with Gasteiger partial charge in [0.15, 0.2) is 0 Å². The third-order valence-electron chi connectivity index (χ3n) is 4.10. The molecule has 4 heteroatoms. The molecule has 3 rings (SSSR count). The van der Waals surface area contributed by atoms with Gasteiger partial charge < -0.3 is 9.67 Å². The molecule has 1 N–H and O–H groups in total. The number of carbonyl (C=O) groups is 1. The van der Waals surface area contributed by atoms with E-state index in [1.165, 1.54) is 11.1 Å². The number of aromatic nitrogens is 1. The van der Waals surface area contributed by atoms with Gasteiger partial charge in [-0.25, -0.2) is 0 Å². The van der Waals surface area contributed by atoms with Gasteiger partial charge in [-0.2, -0.15) is 0 Å². The Bertz CT molecular complexity index is 685. The molecule has 100 valence electrons. The maximum absolute atomic E-state index is 11.4. The number of halogens is 1. The second kappa shape index (κ2) is 4.10. The molecule has 0 aliphatic carbocycles. The van der Waals surface area contributed by atoms with Crippen molar-refractivity contribution < 1.29 is 9.90 Å². The van der Waals surface area contributed by atoms with Gasteiger partial charge in [0.2, 0.25) is 0 Å². The Balaban J connectivity index is 2.31. The molecule has 0 saturated heterocycles. The molecule has 1 aromatic carbocycles. The molecule has 1 aromatic heterocycles. The number of rotatable bonds is 2. The number of carboxylic acid groups (broad SMARTS) is 1. The highest BCUT2D eigenvalue weighted by Crippen LogP contribution is 2.36.